The predicted octanol–water partition coefficient (Wildman–Crippen LogP) is 6.07. The van der Waals surface area contributed by atoms with E-state index in [0.717, 1.165) is 17.5 Å². The van der Waals surface area contributed by atoms with Crippen LogP contribution < -0.4 is 0 Å². The standard InChI is InChI=1S/C14H12F3N3OS2.C6H12/c1-7-18-6-8(14(15,16)17)11(19-7)9-5-10-12(23-9)13(21)20(2)3-4-22-10;1-4-6(3)5-2/h5-6H,3-4H2,1-2H3;4H,5H2,1-3H3/b;6-4+. The van der Waals surface area contributed by atoms with Crippen molar-refractivity contribution in [3.8, 4) is 10.6 Å². The Morgan fingerprint density at radius 3 is 2.62 bits per heavy atom. The number of aryl methyl sites for hydroxylation is 1. The normalized spacial score (nSPS) is 14.8. The van der Waals surface area contributed by atoms with Gasteiger partial charge in [0.2, 0.25) is 0 Å². The first-order chi connectivity index (χ1) is 13.6. The minimum Gasteiger partial charge on any atom is -0.340 e. The van der Waals surface area contributed by atoms with Crippen LogP contribution in [0.5, 0.6) is 0 Å². The van der Waals surface area contributed by atoms with Gasteiger partial charge in [0.1, 0.15) is 16.3 Å². The Labute approximate surface area is 177 Å². The third-order valence-corrected chi connectivity index (χ3v) is 6.70. The van der Waals surface area contributed by atoms with Gasteiger partial charge in [-0.05, 0) is 33.3 Å². The van der Waals surface area contributed by atoms with Crippen LogP contribution in [-0.4, -0.2) is 40.1 Å². The van der Waals surface area contributed by atoms with Crippen molar-refractivity contribution >= 4 is 29.0 Å². The molecule has 0 radical (unpaired) electrons. The highest BCUT2D eigenvalue weighted by Crippen LogP contribution is 2.42. The lowest BCUT2D eigenvalue weighted by Crippen LogP contribution is -2.26. The number of hydrogen-bond donors (Lipinski definition) is 0. The van der Waals surface area contributed by atoms with E-state index in [1.807, 2.05) is 0 Å². The molecule has 1 aliphatic rings. The largest absolute Gasteiger partial charge is 0.420 e. The number of hydrogen-bond acceptors (Lipinski definition) is 5. The molecular formula is C20H24F3N3OS2. The Hall–Kier alpha value is -1.87. The van der Waals surface area contributed by atoms with Gasteiger partial charge in [0.05, 0.1) is 10.6 Å². The molecule has 0 aliphatic carbocycles. The fourth-order valence-corrected chi connectivity index (χ4v) is 4.82. The Bertz CT molecular complexity index is 907. The molecule has 1 amide bonds. The molecule has 2 aromatic heterocycles. The van der Waals surface area contributed by atoms with Gasteiger partial charge in [-0.15, -0.1) is 23.1 Å². The summed E-state index contributed by atoms with van der Waals surface area (Å²) in [5, 5.41) is 0. The van der Waals surface area contributed by atoms with Gasteiger partial charge in [0.15, 0.2) is 0 Å². The van der Waals surface area contributed by atoms with Gasteiger partial charge in [-0.3, -0.25) is 4.79 Å². The van der Waals surface area contributed by atoms with Crippen LogP contribution in [0.25, 0.3) is 10.6 Å². The topological polar surface area (TPSA) is 46.1 Å². The Kier molecular flexibility index (Phi) is 7.87. The molecular weight excluding hydrogens is 419 g/mol. The van der Waals surface area contributed by atoms with Crippen LogP contribution in [0.4, 0.5) is 13.2 Å². The molecule has 29 heavy (non-hydrogen) atoms. The number of thiophene rings is 1. The minimum atomic E-state index is -4.54. The van der Waals surface area contributed by atoms with E-state index in [0.29, 0.717) is 26.9 Å². The van der Waals surface area contributed by atoms with Crippen LogP contribution in [-0.2, 0) is 6.18 Å². The molecule has 158 valence electrons. The summed E-state index contributed by atoms with van der Waals surface area (Å²) < 4.78 is 39.6. The molecule has 9 heteroatoms. The fraction of sp³-hybridized carbons (Fsp3) is 0.450. The fourth-order valence-electron chi connectivity index (χ4n) is 2.38. The highest BCUT2D eigenvalue weighted by molar-refractivity contribution is 7.99. The van der Waals surface area contributed by atoms with Crippen LogP contribution >= 0.6 is 23.1 Å². The number of amides is 1. The van der Waals surface area contributed by atoms with Gasteiger partial charge in [-0.25, -0.2) is 9.97 Å². The predicted molar refractivity (Wildman–Crippen MR) is 112 cm³/mol. The monoisotopic (exact) mass is 443 g/mol. The lowest BCUT2D eigenvalue weighted by molar-refractivity contribution is -0.137. The number of halogens is 3. The molecule has 3 rings (SSSR count). The third-order valence-electron chi connectivity index (χ3n) is 4.42. The number of alkyl halides is 3. The molecule has 3 heterocycles. The molecule has 0 unspecified atom stereocenters. The van der Waals surface area contributed by atoms with E-state index >= 15 is 0 Å². The number of aromatic nitrogens is 2. The zero-order chi connectivity index (χ0) is 21.8. The van der Waals surface area contributed by atoms with Gasteiger partial charge >= 0.3 is 6.18 Å². The van der Waals surface area contributed by atoms with E-state index in [4.69, 9.17) is 0 Å². The van der Waals surface area contributed by atoms with E-state index in [1.165, 1.54) is 30.7 Å². The van der Waals surface area contributed by atoms with E-state index in [1.54, 1.807) is 18.0 Å². The zero-order valence-electron chi connectivity index (χ0n) is 17.1. The number of allylic oxidation sites excluding steroid dienone is 2. The van der Waals surface area contributed by atoms with Crippen molar-refractivity contribution in [1.29, 1.82) is 0 Å². The summed E-state index contributed by atoms with van der Waals surface area (Å²) in [4.78, 5) is 23.0. The third kappa shape index (κ3) is 5.82. The number of carbonyl (C=O) groups is 1. The number of fused-ring (bicyclic) bond motifs is 1. The average molecular weight is 444 g/mol. The van der Waals surface area contributed by atoms with Crippen LogP contribution in [0, 0.1) is 6.92 Å². The van der Waals surface area contributed by atoms with Crippen molar-refractivity contribution in [2.24, 2.45) is 0 Å². The average Bonchev–Trinajstić information content (AvgIpc) is 3.04. The smallest absolute Gasteiger partial charge is 0.340 e. The van der Waals surface area contributed by atoms with Gasteiger partial charge in [-0.2, -0.15) is 13.2 Å². The van der Waals surface area contributed by atoms with Crippen molar-refractivity contribution in [1.82, 2.24) is 14.9 Å². The van der Waals surface area contributed by atoms with Crippen molar-refractivity contribution in [2.45, 2.75) is 45.2 Å². The molecule has 2 aromatic rings. The molecule has 0 fully saturated rings. The first-order valence-corrected chi connectivity index (χ1v) is 10.9. The molecule has 0 bridgehead atoms. The Morgan fingerprint density at radius 1 is 1.38 bits per heavy atom. The summed E-state index contributed by atoms with van der Waals surface area (Å²) >= 11 is 2.52. The van der Waals surface area contributed by atoms with Gasteiger partial charge in [0, 0.05) is 30.4 Å². The molecule has 4 nitrogen and oxygen atoms in total. The highest BCUT2D eigenvalue weighted by Gasteiger charge is 2.36. The zero-order valence-corrected chi connectivity index (χ0v) is 18.7. The van der Waals surface area contributed by atoms with E-state index in [-0.39, 0.29) is 17.4 Å². The number of carbonyl (C=O) groups excluding carboxylic acids is 1. The van der Waals surface area contributed by atoms with Gasteiger partial charge in [-0.1, -0.05) is 18.6 Å². The molecule has 0 saturated heterocycles. The molecule has 0 aromatic carbocycles. The minimum absolute atomic E-state index is 0.166. The summed E-state index contributed by atoms with van der Waals surface area (Å²) in [5.41, 5.74) is 0.416. The number of thioether (sulfide) groups is 1. The van der Waals surface area contributed by atoms with Crippen molar-refractivity contribution in [3.63, 3.8) is 0 Å². The number of nitrogens with zero attached hydrogens (tertiary/aromatic N) is 3. The summed E-state index contributed by atoms with van der Waals surface area (Å²) in [6.45, 7) is 8.52. The Morgan fingerprint density at radius 2 is 2.07 bits per heavy atom. The maximum absolute atomic E-state index is 13.2. The maximum Gasteiger partial charge on any atom is 0.420 e. The molecule has 0 N–H and O–H groups in total. The van der Waals surface area contributed by atoms with Gasteiger partial charge in [0.25, 0.3) is 5.91 Å². The first-order valence-electron chi connectivity index (χ1n) is 9.13. The second kappa shape index (κ2) is 9.75. The summed E-state index contributed by atoms with van der Waals surface area (Å²) in [6.07, 6.45) is -0.418. The lowest BCUT2D eigenvalue weighted by atomic mass is 10.2. The molecule has 0 saturated carbocycles. The second-order valence-electron chi connectivity index (χ2n) is 6.55. The van der Waals surface area contributed by atoms with E-state index in [2.05, 4.69) is 36.8 Å². The second-order valence-corrected chi connectivity index (χ2v) is 8.73. The Balaban J connectivity index is 0.000000438. The highest BCUT2D eigenvalue weighted by atomic mass is 32.2. The van der Waals surface area contributed by atoms with Crippen LogP contribution in [0.2, 0.25) is 0 Å². The SMILES string of the molecule is C/C=C(\C)CC.Cc1ncc(C(F)(F)F)c(-c2cc3c(s2)C(=O)N(C)CCS3)n1. The molecule has 0 atom stereocenters. The summed E-state index contributed by atoms with van der Waals surface area (Å²) in [5.74, 6) is 0.800. The van der Waals surface area contributed by atoms with Crippen LogP contribution in [0.1, 0.15) is 48.3 Å². The summed E-state index contributed by atoms with van der Waals surface area (Å²) in [7, 11) is 1.69. The van der Waals surface area contributed by atoms with E-state index in [9.17, 15) is 18.0 Å². The summed E-state index contributed by atoms with van der Waals surface area (Å²) in [6, 6.07) is 1.62. The lowest BCUT2D eigenvalue weighted by Gasteiger charge is -2.12. The molecule has 1 aliphatic heterocycles. The quantitative estimate of drug-likeness (QED) is 0.528. The van der Waals surface area contributed by atoms with Crippen molar-refractivity contribution in [3.05, 3.63) is 40.2 Å². The maximum atomic E-state index is 13.2. The van der Waals surface area contributed by atoms with E-state index < -0.39 is 11.7 Å². The van der Waals surface area contributed by atoms with Crippen LogP contribution in [0.15, 0.2) is 28.8 Å². The van der Waals surface area contributed by atoms with Crippen molar-refractivity contribution in [2.75, 3.05) is 19.3 Å². The molecule has 0 spiro atoms. The van der Waals surface area contributed by atoms with Crippen molar-refractivity contribution < 1.29 is 18.0 Å². The van der Waals surface area contributed by atoms with Gasteiger partial charge < -0.3 is 4.90 Å². The van der Waals surface area contributed by atoms with Crippen LogP contribution in [0.3, 0.4) is 0 Å². The number of rotatable bonds is 2. The first kappa shape index (κ1) is 23.4.